The van der Waals surface area contributed by atoms with E-state index in [1.165, 1.54) is 0 Å². The highest BCUT2D eigenvalue weighted by Gasteiger charge is 2.44. The Kier molecular flexibility index (Phi) is 2.23. The van der Waals surface area contributed by atoms with E-state index in [9.17, 15) is 0 Å². The second-order valence-electron chi connectivity index (χ2n) is 3.16. The average molecular weight is 210 g/mol. The first-order valence-corrected chi connectivity index (χ1v) is 5.29. The van der Waals surface area contributed by atoms with Crippen molar-refractivity contribution in [1.82, 2.24) is 0 Å². The number of halogens is 1. The molecule has 0 aliphatic heterocycles. The van der Waals surface area contributed by atoms with Gasteiger partial charge in [0.25, 0.3) is 0 Å². The summed E-state index contributed by atoms with van der Waals surface area (Å²) in [5, 5.41) is 9.62. The molecular formula is C10H8ClNS. The fourth-order valence-electron chi connectivity index (χ4n) is 1.08. The average Bonchev–Trinajstić information content (AvgIpc) is 2.90. The number of nitrogens with zero attached hydrogens (tertiary/aromatic N) is 1. The van der Waals surface area contributed by atoms with Gasteiger partial charge < -0.3 is 0 Å². The van der Waals surface area contributed by atoms with Crippen molar-refractivity contribution in [3.05, 3.63) is 29.3 Å². The molecule has 0 spiro atoms. The monoisotopic (exact) mass is 209 g/mol. The van der Waals surface area contributed by atoms with Gasteiger partial charge >= 0.3 is 0 Å². The molecule has 0 N–H and O–H groups in total. The largest absolute Gasteiger partial charge is 0.197 e. The number of benzene rings is 1. The molecule has 0 bridgehead atoms. The van der Waals surface area contributed by atoms with Crippen LogP contribution in [0.25, 0.3) is 0 Å². The first kappa shape index (κ1) is 8.93. The first-order valence-electron chi connectivity index (χ1n) is 4.10. The zero-order valence-corrected chi connectivity index (χ0v) is 8.53. The third-order valence-corrected chi connectivity index (χ3v) is 3.68. The number of rotatable bonds is 2. The second kappa shape index (κ2) is 3.25. The van der Waals surface area contributed by atoms with E-state index >= 15 is 0 Å². The molecule has 1 saturated carbocycles. The van der Waals surface area contributed by atoms with E-state index in [0.717, 1.165) is 22.8 Å². The molecule has 13 heavy (non-hydrogen) atoms. The summed E-state index contributed by atoms with van der Waals surface area (Å²) < 4.78 is -0.131. The van der Waals surface area contributed by atoms with E-state index in [0.29, 0.717) is 0 Å². The van der Waals surface area contributed by atoms with E-state index in [1.54, 1.807) is 11.8 Å². The van der Waals surface area contributed by atoms with E-state index in [-0.39, 0.29) is 4.75 Å². The summed E-state index contributed by atoms with van der Waals surface area (Å²) in [6, 6.07) is 9.99. The predicted octanol–water partition coefficient (Wildman–Crippen LogP) is 3.49. The molecule has 1 aliphatic carbocycles. The van der Waals surface area contributed by atoms with Crippen molar-refractivity contribution in [2.45, 2.75) is 22.5 Å². The molecule has 0 radical (unpaired) electrons. The lowest BCUT2D eigenvalue weighted by Gasteiger charge is -2.04. The highest BCUT2D eigenvalue weighted by atomic mass is 35.5. The topological polar surface area (TPSA) is 23.8 Å². The minimum atomic E-state index is -0.131. The fourth-order valence-corrected chi connectivity index (χ4v) is 2.28. The minimum absolute atomic E-state index is 0.131. The molecule has 2 rings (SSSR count). The smallest absolute Gasteiger partial charge is 0.107 e. The Morgan fingerprint density at radius 2 is 1.92 bits per heavy atom. The fraction of sp³-hybridized carbons (Fsp3) is 0.300. The molecule has 0 heterocycles. The number of hydrogen-bond acceptors (Lipinski definition) is 2. The normalized spacial score (nSPS) is 17.8. The molecule has 0 amide bonds. The van der Waals surface area contributed by atoms with Gasteiger partial charge in [-0.1, -0.05) is 11.6 Å². The van der Waals surface area contributed by atoms with Crippen LogP contribution in [0.15, 0.2) is 29.2 Å². The van der Waals surface area contributed by atoms with Crippen molar-refractivity contribution in [2.75, 3.05) is 0 Å². The Labute approximate surface area is 86.7 Å². The van der Waals surface area contributed by atoms with E-state index in [1.807, 2.05) is 24.3 Å². The van der Waals surface area contributed by atoms with Crippen LogP contribution in [0.1, 0.15) is 12.8 Å². The zero-order chi connectivity index (χ0) is 9.31. The molecular weight excluding hydrogens is 202 g/mol. The lowest BCUT2D eigenvalue weighted by atomic mass is 10.4. The number of hydrogen-bond donors (Lipinski definition) is 0. The standard InChI is InChI=1S/C10H8ClNS/c11-8-1-3-9(4-2-8)13-10(7-12)5-6-10/h1-4H,5-6H2. The molecule has 0 atom stereocenters. The Morgan fingerprint density at radius 1 is 1.31 bits per heavy atom. The highest BCUT2D eigenvalue weighted by molar-refractivity contribution is 8.01. The van der Waals surface area contributed by atoms with Crippen LogP contribution in [0.4, 0.5) is 0 Å². The Hall–Kier alpha value is -0.650. The van der Waals surface area contributed by atoms with Crippen LogP contribution in [-0.4, -0.2) is 4.75 Å². The van der Waals surface area contributed by atoms with Crippen molar-refractivity contribution in [3.8, 4) is 6.07 Å². The summed E-state index contributed by atoms with van der Waals surface area (Å²) >= 11 is 7.40. The van der Waals surface area contributed by atoms with Crippen LogP contribution in [0.2, 0.25) is 5.02 Å². The third-order valence-electron chi connectivity index (χ3n) is 2.03. The summed E-state index contributed by atoms with van der Waals surface area (Å²) in [7, 11) is 0. The SMILES string of the molecule is N#CC1(Sc2ccc(Cl)cc2)CC1. The molecule has 1 nitrogen and oxygen atoms in total. The van der Waals surface area contributed by atoms with Crippen LogP contribution in [0.5, 0.6) is 0 Å². The van der Waals surface area contributed by atoms with Gasteiger partial charge in [0.15, 0.2) is 0 Å². The van der Waals surface area contributed by atoms with E-state index in [2.05, 4.69) is 6.07 Å². The maximum atomic E-state index is 8.88. The van der Waals surface area contributed by atoms with Crippen LogP contribution >= 0.6 is 23.4 Å². The molecule has 1 aromatic carbocycles. The number of thioether (sulfide) groups is 1. The van der Waals surface area contributed by atoms with Gasteiger partial charge in [0.1, 0.15) is 4.75 Å². The van der Waals surface area contributed by atoms with Gasteiger partial charge in [-0.25, -0.2) is 0 Å². The van der Waals surface area contributed by atoms with E-state index in [4.69, 9.17) is 16.9 Å². The maximum absolute atomic E-state index is 8.88. The summed E-state index contributed by atoms with van der Waals surface area (Å²) in [4.78, 5) is 1.13. The number of nitriles is 1. The molecule has 0 unspecified atom stereocenters. The Bertz CT molecular complexity index is 348. The minimum Gasteiger partial charge on any atom is -0.197 e. The highest BCUT2D eigenvalue weighted by Crippen LogP contribution is 2.51. The van der Waals surface area contributed by atoms with Crippen molar-refractivity contribution >= 4 is 23.4 Å². The van der Waals surface area contributed by atoms with Crippen molar-refractivity contribution < 1.29 is 0 Å². The van der Waals surface area contributed by atoms with E-state index < -0.39 is 0 Å². The lowest BCUT2D eigenvalue weighted by molar-refractivity contribution is 1.19. The van der Waals surface area contributed by atoms with Gasteiger partial charge in [-0.05, 0) is 37.1 Å². The van der Waals surface area contributed by atoms with Gasteiger partial charge in [-0.15, -0.1) is 11.8 Å². The van der Waals surface area contributed by atoms with Gasteiger partial charge in [-0.2, -0.15) is 5.26 Å². The predicted molar refractivity (Wildman–Crippen MR) is 54.9 cm³/mol. The van der Waals surface area contributed by atoms with Crippen molar-refractivity contribution in [2.24, 2.45) is 0 Å². The molecule has 3 heteroatoms. The summed E-state index contributed by atoms with van der Waals surface area (Å²) in [6.45, 7) is 0. The third kappa shape index (κ3) is 1.99. The summed E-state index contributed by atoms with van der Waals surface area (Å²) in [6.07, 6.45) is 2.02. The van der Waals surface area contributed by atoms with Crippen LogP contribution in [0.3, 0.4) is 0 Å². The lowest BCUT2D eigenvalue weighted by Crippen LogP contribution is -1.95. The van der Waals surface area contributed by atoms with Gasteiger partial charge in [0, 0.05) is 9.92 Å². The Morgan fingerprint density at radius 3 is 2.38 bits per heavy atom. The zero-order valence-electron chi connectivity index (χ0n) is 6.96. The maximum Gasteiger partial charge on any atom is 0.107 e. The van der Waals surface area contributed by atoms with Crippen LogP contribution < -0.4 is 0 Å². The van der Waals surface area contributed by atoms with Crippen LogP contribution in [0, 0.1) is 11.3 Å². The molecule has 0 aromatic heterocycles. The van der Waals surface area contributed by atoms with Crippen molar-refractivity contribution in [3.63, 3.8) is 0 Å². The Balaban J connectivity index is 2.11. The van der Waals surface area contributed by atoms with Gasteiger partial charge in [-0.3, -0.25) is 0 Å². The van der Waals surface area contributed by atoms with Gasteiger partial charge in [0.05, 0.1) is 6.07 Å². The molecule has 66 valence electrons. The van der Waals surface area contributed by atoms with Gasteiger partial charge in [0.2, 0.25) is 0 Å². The second-order valence-corrected chi connectivity index (χ2v) is 5.06. The summed E-state index contributed by atoms with van der Waals surface area (Å²) in [5.41, 5.74) is 0. The summed E-state index contributed by atoms with van der Waals surface area (Å²) in [5.74, 6) is 0. The molecule has 1 aliphatic rings. The quantitative estimate of drug-likeness (QED) is 0.745. The molecule has 0 saturated heterocycles. The van der Waals surface area contributed by atoms with Crippen LogP contribution in [-0.2, 0) is 0 Å². The van der Waals surface area contributed by atoms with Crippen molar-refractivity contribution in [1.29, 1.82) is 5.26 Å². The first-order chi connectivity index (χ1) is 6.24. The molecule has 1 fully saturated rings. The molecule has 1 aromatic rings.